The fourth-order valence-electron chi connectivity index (χ4n) is 2.57. The molecule has 24 heavy (non-hydrogen) atoms. The van der Waals surface area contributed by atoms with Crippen molar-refractivity contribution in [1.29, 1.82) is 0 Å². The molecule has 0 aliphatic heterocycles. The van der Waals surface area contributed by atoms with Crippen LogP contribution >= 0.6 is 0 Å². The first kappa shape index (κ1) is 16.2. The number of ether oxygens (including phenoxy) is 1. The Kier molecular flexibility index (Phi) is 4.65. The van der Waals surface area contributed by atoms with E-state index in [2.05, 4.69) is 23.8 Å². The van der Waals surface area contributed by atoms with E-state index < -0.39 is 0 Å². The molecule has 1 aromatic heterocycles. The van der Waals surface area contributed by atoms with E-state index in [9.17, 15) is 4.79 Å². The van der Waals surface area contributed by atoms with Crippen molar-refractivity contribution in [2.45, 2.75) is 27.2 Å². The van der Waals surface area contributed by atoms with Gasteiger partial charge in [-0.3, -0.25) is 4.79 Å². The summed E-state index contributed by atoms with van der Waals surface area (Å²) >= 11 is 0. The highest BCUT2D eigenvalue weighted by Gasteiger charge is 2.12. The summed E-state index contributed by atoms with van der Waals surface area (Å²) in [7, 11) is 0. The number of nitrogens with zero attached hydrogens (tertiary/aromatic N) is 1. The van der Waals surface area contributed by atoms with Gasteiger partial charge in [0.05, 0.1) is 23.1 Å². The monoisotopic (exact) mass is 322 g/mol. The molecule has 4 nitrogen and oxygen atoms in total. The second kappa shape index (κ2) is 6.87. The van der Waals surface area contributed by atoms with Crippen LogP contribution < -0.4 is 10.3 Å². The Bertz CT molecular complexity index is 913. The number of hydrogen-bond acceptors (Lipinski definition) is 3. The van der Waals surface area contributed by atoms with Crippen LogP contribution in [0, 0.1) is 12.8 Å². The third-order valence-electron chi connectivity index (χ3n) is 3.96. The van der Waals surface area contributed by atoms with E-state index in [4.69, 9.17) is 4.74 Å². The number of aryl methyl sites for hydroxylation is 1. The second-order valence-corrected chi connectivity index (χ2v) is 6.46. The zero-order chi connectivity index (χ0) is 17.1. The van der Waals surface area contributed by atoms with E-state index in [1.54, 1.807) is 6.07 Å². The van der Waals surface area contributed by atoms with Crippen molar-refractivity contribution in [1.82, 2.24) is 9.97 Å². The predicted octanol–water partition coefficient (Wildman–Crippen LogP) is 4.32. The largest absolute Gasteiger partial charge is 0.493 e. The average molecular weight is 322 g/mol. The van der Waals surface area contributed by atoms with Gasteiger partial charge in [-0.1, -0.05) is 37.6 Å². The summed E-state index contributed by atoms with van der Waals surface area (Å²) in [6.07, 6.45) is 0.981. The van der Waals surface area contributed by atoms with Crippen molar-refractivity contribution >= 4 is 10.9 Å². The van der Waals surface area contributed by atoms with Crippen LogP contribution in [0.15, 0.2) is 47.3 Å². The smallest absolute Gasteiger partial charge is 0.259 e. The highest BCUT2D eigenvalue weighted by atomic mass is 16.5. The zero-order valence-corrected chi connectivity index (χ0v) is 14.3. The van der Waals surface area contributed by atoms with Crippen molar-refractivity contribution in [3.05, 3.63) is 58.4 Å². The first-order chi connectivity index (χ1) is 11.5. The van der Waals surface area contributed by atoms with Crippen LogP contribution in [0.4, 0.5) is 0 Å². The van der Waals surface area contributed by atoms with E-state index in [-0.39, 0.29) is 5.56 Å². The highest BCUT2D eigenvalue weighted by molar-refractivity contribution is 5.80. The third kappa shape index (κ3) is 3.48. The van der Waals surface area contributed by atoms with Crippen molar-refractivity contribution < 1.29 is 4.74 Å². The van der Waals surface area contributed by atoms with E-state index in [1.807, 2.05) is 43.3 Å². The van der Waals surface area contributed by atoms with Crippen LogP contribution in [0.2, 0.25) is 0 Å². The van der Waals surface area contributed by atoms with Crippen LogP contribution in [0.5, 0.6) is 5.75 Å². The third-order valence-corrected chi connectivity index (χ3v) is 3.96. The Labute approximate surface area is 141 Å². The van der Waals surface area contributed by atoms with Crippen molar-refractivity contribution in [3.8, 4) is 17.1 Å². The second-order valence-electron chi connectivity index (χ2n) is 6.46. The maximum atomic E-state index is 12.3. The minimum absolute atomic E-state index is 0.134. The molecule has 0 saturated heterocycles. The van der Waals surface area contributed by atoms with Gasteiger partial charge in [0.1, 0.15) is 11.6 Å². The molecule has 0 aliphatic carbocycles. The minimum atomic E-state index is -0.134. The molecule has 3 rings (SSSR count). The molecule has 3 aromatic rings. The molecule has 0 amide bonds. The lowest BCUT2D eigenvalue weighted by Crippen LogP contribution is -2.10. The van der Waals surface area contributed by atoms with Crippen molar-refractivity contribution in [2.75, 3.05) is 6.61 Å². The molecule has 0 radical (unpaired) electrons. The van der Waals surface area contributed by atoms with Gasteiger partial charge < -0.3 is 9.72 Å². The summed E-state index contributed by atoms with van der Waals surface area (Å²) in [5.41, 5.74) is 2.47. The molecular weight excluding hydrogens is 300 g/mol. The predicted molar refractivity (Wildman–Crippen MR) is 97.5 cm³/mol. The lowest BCUT2D eigenvalue weighted by Gasteiger charge is -2.13. The molecule has 0 spiro atoms. The number of para-hydroxylation sites is 1. The van der Waals surface area contributed by atoms with Gasteiger partial charge >= 0.3 is 0 Å². The Morgan fingerprint density at radius 2 is 1.96 bits per heavy atom. The van der Waals surface area contributed by atoms with Gasteiger partial charge in [-0.2, -0.15) is 0 Å². The minimum Gasteiger partial charge on any atom is -0.493 e. The molecular formula is C20H22N2O2. The average Bonchev–Trinajstić information content (AvgIpc) is 2.56. The van der Waals surface area contributed by atoms with E-state index in [0.717, 1.165) is 23.3 Å². The van der Waals surface area contributed by atoms with Gasteiger partial charge in [0, 0.05) is 0 Å². The normalized spacial score (nSPS) is 11.2. The van der Waals surface area contributed by atoms with E-state index >= 15 is 0 Å². The summed E-state index contributed by atoms with van der Waals surface area (Å²) in [5.74, 6) is 1.87. The van der Waals surface area contributed by atoms with Gasteiger partial charge in [0.2, 0.25) is 0 Å². The zero-order valence-electron chi connectivity index (χ0n) is 14.3. The molecule has 0 atom stereocenters. The molecule has 1 heterocycles. The number of nitrogens with one attached hydrogen (secondary N) is 1. The summed E-state index contributed by atoms with van der Waals surface area (Å²) < 4.78 is 5.95. The van der Waals surface area contributed by atoms with Crippen molar-refractivity contribution in [2.24, 2.45) is 5.92 Å². The molecule has 0 unspecified atom stereocenters. The van der Waals surface area contributed by atoms with Crippen LogP contribution in [-0.2, 0) is 0 Å². The Morgan fingerprint density at radius 1 is 1.17 bits per heavy atom. The molecule has 0 bridgehead atoms. The van der Waals surface area contributed by atoms with Gasteiger partial charge in [0.15, 0.2) is 0 Å². The number of hydrogen-bond donors (Lipinski definition) is 1. The first-order valence-electron chi connectivity index (χ1n) is 8.27. The standard InChI is InChI=1S/C20H22N2O2/c1-13(2)10-11-24-18-9-8-14(3)12-16(18)19-21-17-7-5-4-6-15(17)20(23)22-19/h4-9,12-13H,10-11H2,1-3H3,(H,21,22,23). The van der Waals surface area contributed by atoms with E-state index in [0.29, 0.717) is 29.3 Å². The quantitative estimate of drug-likeness (QED) is 0.761. The van der Waals surface area contributed by atoms with Crippen LogP contribution in [0.1, 0.15) is 25.8 Å². The van der Waals surface area contributed by atoms with Crippen LogP contribution in [-0.4, -0.2) is 16.6 Å². The molecule has 4 heteroatoms. The number of aromatic amines is 1. The Morgan fingerprint density at radius 3 is 2.75 bits per heavy atom. The van der Waals surface area contributed by atoms with Gasteiger partial charge in [-0.15, -0.1) is 0 Å². The lowest BCUT2D eigenvalue weighted by atomic mass is 10.1. The van der Waals surface area contributed by atoms with E-state index in [1.165, 1.54) is 0 Å². The summed E-state index contributed by atoms with van der Waals surface area (Å²) in [6, 6.07) is 13.3. The molecule has 0 saturated carbocycles. The number of fused-ring (bicyclic) bond motifs is 1. The first-order valence-corrected chi connectivity index (χ1v) is 8.27. The fourth-order valence-corrected chi connectivity index (χ4v) is 2.57. The summed E-state index contributed by atoms with van der Waals surface area (Å²) in [4.78, 5) is 19.8. The molecule has 0 fully saturated rings. The number of rotatable bonds is 5. The van der Waals surface area contributed by atoms with Crippen LogP contribution in [0.25, 0.3) is 22.3 Å². The SMILES string of the molecule is Cc1ccc(OCCC(C)C)c(-c2nc3ccccc3c(=O)[nH]2)c1. The molecule has 0 aliphatic rings. The topological polar surface area (TPSA) is 55.0 Å². The molecule has 2 aromatic carbocycles. The highest BCUT2D eigenvalue weighted by Crippen LogP contribution is 2.29. The number of H-pyrrole nitrogens is 1. The Balaban J connectivity index is 2.05. The molecule has 124 valence electrons. The lowest BCUT2D eigenvalue weighted by molar-refractivity contribution is 0.290. The maximum absolute atomic E-state index is 12.3. The number of benzene rings is 2. The number of aromatic nitrogens is 2. The van der Waals surface area contributed by atoms with Gasteiger partial charge in [-0.25, -0.2) is 4.98 Å². The van der Waals surface area contributed by atoms with Gasteiger partial charge in [-0.05, 0) is 43.5 Å². The Hall–Kier alpha value is -2.62. The van der Waals surface area contributed by atoms with Gasteiger partial charge in [0.25, 0.3) is 5.56 Å². The molecule has 1 N–H and O–H groups in total. The fraction of sp³-hybridized carbons (Fsp3) is 0.300. The summed E-state index contributed by atoms with van der Waals surface area (Å²) in [6.45, 7) is 7.00. The van der Waals surface area contributed by atoms with Crippen LogP contribution in [0.3, 0.4) is 0 Å². The van der Waals surface area contributed by atoms with Crippen molar-refractivity contribution in [3.63, 3.8) is 0 Å². The summed E-state index contributed by atoms with van der Waals surface area (Å²) in [5, 5.41) is 0.594. The maximum Gasteiger partial charge on any atom is 0.259 e.